The lowest BCUT2D eigenvalue weighted by Crippen LogP contribution is -2.49. The fraction of sp³-hybridized carbons (Fsp3) is 0.444. The van der Waals surface area contributed by atoms with Gasteiger partial charge < -0.3 is 10.6 Å². The Labute approximate surface area is 158 Å². The van der Waals surface area contributed by atoms with Crippen LogP contribution in [-0.4, -0.2) is 38.2 Å². The van der Waals surface area contributed by atoms with Crippen molar-refractivity contribution >= 4 is 11.9 Å². The number of nitrogens with one attached hydrogen (secondary N) is 3. The van der Waals surface area contributed by atoms with Crippen molar-refractivity contribution in [2.75, 3.05) is 0 Å². The Morgan fingerprint density at radius 3 is 2.63 bits per heavy atom. The highest BCUT2D eigenvalue weighted by molar-refractivity contribution is 5.86. The normalized spacial score (nSPS) is 11.9. The van der Waals surface area contributed by atoms with E-state index in [-0.39, 0.29) is 12.5 Å². The number of urea groups is 1. The van der Waals surface area contributed by atoms with Crippen LogP contribution in [0.5, 0.6) is 0 Å². The van der Waals surface area contributed by atoms with E-state index in [2.05, 4.69) is 33.1 Å². The van der Waals surface area contributed by atoms with Crippen molar-refractivity contribution in [3.63, 3.8) is 0 Å². The van der Waals surface area contributed by atoms with E-state index in [1.54, 1.807) is 16.4 Å². The summed E-state index contributed by atoms with van der Waals surface area (Å²) in [5.74, 6) is -0.470. The van der Waals surface area contributed by atoms with Crippen LogP contribution in [0, 0.1) is 5.92 Å². The van der Waals surface area contributed by atoms with Crippen molar-refractivity contribution in [2.45, 2.75) is 45.8 Å². The summed E-state index contributed by atoms with van der Waals surface area (Å²) in [5.41, 5.74) is 3.40. The molecular formula is C18H26N6O3. The smallest absolute Gasteiger partial charge is 0.315 e. The van der Waals surface area contributed by atoms with Gasteiger partial charge in [0, 0.05) is 6.54 Å². The van der Waals surface area contributed by atoms with E-state index in [1.807, 2.05) is 32.0 Å². The van der Waals surface area contributed by atoms with Crippen LogP contribution in [0.25, 0.3) is 0 Å². The van der Waals surface area contributed by atoms with Gasteiger partial charge in [-0.15, -0.1) is 5.10 Å². The number of hydrogen-bond acceptors (Lipinski definition) is 5. The second kappa shape index (κ2) is 10.3. The minimum absolute atomic E-state index is 0.178. The fourth-order valence-corrected chi connectivity index (χ4v) is 2.58. The van der Waals surface area contributed by atoms with E-state index in [0.717, 1.165) is 6.42 Å². The van der Waals surface area contributed by atoms with E-state index in [4.69, 9.17) is 5.21 Å². The summed E-state index contributed by atoms with van der Waals surface area (Å²) in [6.07, 6.45) is 3.02. The second-order valence-corrected chi connectivity index (χ2v) is 6.69. The van der Waals surface area contributed by atoms with E-state index < -0.39 is 18.0 Å². The van der Waals surface area contributed by atoms with Crippen molar-refractivity contribution < 1.29 is 14.8 Å². The van der Waals surface area contributed by atoms with E-state index in [1.165, 1.54) is 5.56 Å². The number of nitrogens with zero attached hydrogens (tertiary/aromatic N) is 3. The molecule has 1 aromatic carbocycles. The number of carbonyl (C=O) groups is 2. The number of aromatic nitrogens is 3. The first-order chi connectivity index (χ1) is 13.0. The molecule has 0 spiro atoms. The monoisotopic (exact) mass is 374 g/mol. The van der Waals surface area contributed by atoms with Crippen molar-refractivity contribution in [1.29, 1.82) is 0 Å². The first kappa shape index (κ1) is 20.4. The van der Waals surface area contributed by atoms with Gasteiger partial charge in [-0.3, -0.25) is 14.7 Å². The molecule has 0 aliphatic heterocycles. The highest BCUT2D eigenvalue weighted by atomic mass is 16.5. The van der Waals surface area contributed by atoms with Gasteiger partial charge >= 0.3 is 6.03 Å². The second-order valence-electron chi connectivity index (χ2n) is 6.69. The lowest BCUT2D eigenvalue weighted by atomic mass is 10.0. The summed E-state index contributed by atoms with van der Waals surface area (Å²) in [6, 6.07) is 8.76. The van der Waals surface area contributed by atoms with Gasteiger partial charge in [0.05, 0.1) is 12.7 Å². The summed E-state index contributed by atoms with van der Waals surface area (Å²) in [4.78, 5) is 23.6. The van der Waals surface area contributed by atoms with Gasteiger partial charge in [-0.05, 0) is 24.3 Å². The number of aryl methyl sites for hydroxylation is 2. The van der Waals surface area contributed by atoms with Crippen molar-refractivity contribution in [3.05, 3.63) is 47.8 Å². The van der Waals surface area contributed by atoms with Crippen LogP contribution in [0.2, 0.25) is 0 Å². The lowest BCUT2D eigenvalue weighted by Gasteiger charge is -2.18. The predicted octanol–water partition coefficient (Wildman–Crippen LogP) is 1.24. The van der Waals surface area contributed by atoms with Crippen molar-refractivity contribution in [3.8, 4) is 0 Å². The zero-order valence-electron chi connectivity index (χ0n) is 15.6. The summed E-state index contributed by atoms with van der Waals surface area (Å²) in [7, 11) is 0. The SMILES string of the molecule is CC(C)C[C@H](NC(=O)NCc1cn(CCc2ccccc2)nn1)C(=O)NO. The van der Waals surface area contributed by atoms with Crippen LogP contribution >= 0.6 is 0 Å². The molecule has 0 aliphatic rings. The van der Waals surface area contributed by atoms with Gasteiger partial charge in [0.2, 0.25) is 0 Å². The summed E-state index contributed by atoms with van der Waals surface area (Å²) < 4.78 is 1.72. The third-order valence-corrected chi connectivity index (χ3v) is 3.93. The van der Waals surface area contributed by atoms with Crippen LogP contribution in [0.3, 0.4) is 0 Å². The minimum Gasteiger partial charge on any atom is -0.332 e. The Morgan fingerprint density at radius 2 is 1.96 bits per heavy atom. The van der Waals surface area contributed by atoms with Gasteiger partial charge in [-0.25, -0.2) is 10.3 Å². The molecule has 0 radical (unpaired) electrons. The number of carbonyl (C=O) groups excluding carboxylic acids is 2. The van der Waals surface area contributed by atoms with Crippen LogP contribution in [0.1, 0.15) is 31.5 Å². The number of hydroxylamine groups is 1. The molecule has 0 fully saturated rings. The molecule has 3 amide bonds. The third kappa shape index (κ3) is 7.06. The number of rotatable bonds is 9. The average molecular weight is 374 g/mol. The number of amides is 3. The van der Waals surface area contributed by atoms with Gasteiger partial charge in [-0.2, -0.15) is 0 Å². The minimum atomic E-state index is -0.809. The number of benzene rings is 1. The Kier molecular flexibility index (Phi) is 7.75. The molecule has 2 rings (SSSR count). The molecule has 1 aromatic heterocycles. The van der Waals surface area contributed by atoms with Gasteiger partial charge in [0.15, 0.2) is 0 Å². The van der Waals surface area contributed by atoms with Crippen LogP contribution in [-0.2, 0) is 24.3 Å². The first-order valence-electron chi connectivity index (χ1n) is 8.89. The molecule has 2 aromatic rings. The van der Waals surface area contributed by atoms with Crippen molar-refractivity contribution in [1.82, 2.24) is 31.1 Å². The number of hydrogen-bond donors (Lipinski definition) is 4. The summed E-state index contributed by atoms with van der Waals surface area (Å²) >= 11 is 0. The third-order valence-electron chi connectivity index (χ3n) is 3.93. The molecule has 1 heterocycles. The summed E-state index contributed by atoms with van der Waals surface area (Å²) in [5, 5.41) is 22.0. The molecule has 0 saturated carbocycles. The van der Waals surface area contributed by atoms with Gasteiger partial charge in [-0.1, -0.05) is 49.4 Å². The average Bonchev–Trinajstić information content (AvgIpc) is 3.12. The largest absolute Gasteiger partial charge is 0.332 e. The Bertz CT molecular complexity index is 732. The van der Waals surface area contributed by atoms with E-state index >= 15 is 0 Å². The van der Waals surface area contributed by atoms with Gasteiger partial charge in [0.1, 0.15) is 11.7 Å². The van der Waals surface area contributed by atoms with Crippen LogP contribution in [0.15, 0.2) is 36.5 Å². The Balaban J connectivity index is 1.79. The highest BCUT2D eigenvalue weighted by Gasteiger charge is 2.21. The molecule has 0 bridgehead atoms. The molecule has 0 aliphatic carbocycles. The van der Waals surface area contributed by atoms with Gasteiger partial charge in [0.25, 0.3) is 5.91 Å². The molecule has 27 heavy (non-hydrogen) atoms. The first-order valence-corrected chi connectivity index (χ1v) is 8.89. The maximum absolute atomic E-state index is 12.0. The van der Waals surface area contributed by atoms with E-state index in [0.29, 0.717) is 18.7 Å². The Hall–Kier alpha value is -2.94. The molecular weight excluding hydrogens is 348 g/mol. The maximum atomic E-state index is 12.0. The van der Waals surface area contributed by atoms with Crippen molar-refractivity contribution in [2.24, 2.45) is 5.92 Å². The molecule has 146 valence electrons. The zero-order valence-corrected chi connectivity index (χ0v) is 15.6. The zero-order chi connectivity index (χ0) is 19.6. The summed E-state index contributed by atoms with van der Waals surface area (Å²) in [6.45, 7) is 4.72. The topological polar surface area (TPSA) is 121 Å². The molecule has 1 atom stereocenters. The fourth-order valence-electron chi connectivity index (χ4n) is 2.58. The molecule has 9 heteroatoms. The quantitative estimate of drug-likeness (QED) is 0.389. The predicted molar refractivity (Wildman–Crippen MR) is 98.7 cm³/mol. The Morgan fingerprint density at radius 1 is 1.22 bits per heavy atom. The standard InChI is InChI=1S/C18H26N6O3/c1-13(2)10-16(17(25)22-27)20-18(26)19-11-15-12-24(23-21-15)9-8-14-6-4-3-5-7-14/h3-7,12-13,16,27H,8-11H2,1-2H3,(H,22,25)(H2,19,20,26)/t16-/m0/s1. The lowest BCUT2D eigenvalue weighted by molar-refractivity contribution is -0.131. The van der Waals surface area contributed by atoms with E-state index in [9.17, 15) is 9.59 Å². The molecule has 0 saturated heterocycles. The van der Waals surface area contributed by atoms with Crippen LogP contribution in [0.4, 0.5) is 4.79 Å². The maximum Gasteiger partial charge on any atom is 0.315 e. The molecule has 0 unspecified atom stereocenters. The molecule has 4 N–H and O–H groups in total. The highest BCUT2D eigenvalue weighted by Crippen LogP contribution is 2.05. The van der Waals surface area contributed by atoms with Crippen LogP contribution < -0.4 is 16.1 Å². The molecule has 9 nitrogen and oxygen atoms in total.